The lowest BCUT2D eigenvalue weighted by atomic mass is 9.95. The molecule has 1 N–H and O–H groups in total. The number of halogens is 2. The van der Waals surface area contributed by atoms with Crippen molar-refractivity contribution in [2.24, 2.45) is 5.92 Å². The van der Waals surface area contributed by atoms with E-state index in [2.05, 4.69) is 0 Å². The molecule has 0 saturated carbocycles. The van der Waals surface area contributed by atoms with E-state index in [0.717, 1.165) is 12.1 Å². The van der Waals surface area contributed by atoms with Crippen molar-refractivity contribution in [3.8, 4) is 0 Å². The largest absolute Gasteiger partial charge is 0.481 e. The van der Waals surface area contributed by atoms with Gasteiger partial charge in [0.15, 0.2) is 0 Å². The van der Waals surface area contributed by atoms with Crippen LogP contribution in [0.25, 0.3) is 0 Å². The molecular formula is C11H10F2O3. The summed E-state index contributed by atoms with van der Waals surface area (Å²) in [4.78, 5) is 10.9. The van der Waals surface area contributed by atoms with Gasteiger partial charge in [0.05, 0.1) is 11.5 Å². The van der Waals surface area contributed by atoms with Gasteiger partial charge in [0, 0.05) is 6.61 Å². The van der Waals surface area contributed by atoms with Gasteiger partial charge in [0.1, 0.15) is 17.7 Å². The lowest BCUT2D eigenvalue weighted by Gasteiger charge is -2.16. The van der Waals surface area contributed by atoms with Crippen LogP contribution in [0.4, 0.5) is 8.78 Å². The molecular weight excluding hydrogens is 218 g/mol. The van der Waals surface area contributed by atoms with Crippen molar-refractivity contribution in [1.29, 1.82) is 0 Å². The highest BCUT2D eigenvalue weighted by molar-refractivity contribution is 5.71. The Morgan fingerprint density at radius 1 is 1.38 bits per heavy atom. The van der Waals surface area contributed by atoms with Crippen LogP contribution in [0.15, 0.2) is 18.2 Å². The first-order chi connectivity index (χ1) is 7.61. The number of carboxylic acids is 1. The fraction of sp³-hybridized carbons (Fsp3) is 0.364. The van der Waals surface area contributed by atoms with Gasteiger partial charge in [0.25, 0.3) is 0 Å². The molecule has 2 rings (SSSR count). The van der Waals surface area contributed by atoms with Gasteiger partial charge in [0.2, 0.25) is 0 Å². The molecule has 2 atom stereocenters. The van der Waals surface area contributed by atoms with Crippen LogP contribution in [0.1, 0.15) is 18.1 Å². The molecule has 16 heavy (non-hydrogen) atoms. The van der Waals surface area contributed by atoms with Crippen LogP contribution < -0.4 is 0 Å². The van der Waals surface area contributed by atoms with Crippen LogP contribution in [0.2, 0.25) is 0 Å². The highest BCUT2D eigenvalue weighted by Crippen LogP contribution is 2.37. The second kappa shape index (κ2) is 4.17. The van der Waals surface area contributed by atoms with E-state index in [1.165, 1.54) is 6.07 Å². The van der Waals surface area contributed by atoms with Crippen LogP contribution in [-0.4, -0.2) is 17.7 Å². The Morgan fingerprint density at radius 2 is 2.00 bits per heavy atom. The highest BCUT2D eigenvalue weighted by Gasteiger charge is 2.38. The lowest BCUT2D eigenvalue weighted by Crippen LogP contribution is -2.19. The lowest BCUT2D eigenvalue weighted by molar-refractivity contribution is -0.143. The second-order valence-electron chi connectivity index (χ2n) is 3.66. The Hall–Kier alpha value is -1.49. The van der Waals surface area contributed by atoms with E-state index in [4.69, 9.17) is 9.84 Å². The number of carboxylic acid groups (broad SMARTS) is 1. The number of hydrogen-bond acceptors (Lipinski definition) is 2. The Labute approximate surface area is 90.7 Å². The fourth-order valence-corrected chi connectivity index (χ4v) is 1.91. The van der Waals surface area contributed by atoms with E-state index < -0.39 is 29.6 Å². The molecule has 3 nitrogen and oxygen atoms in total. The Bertz CT molecular complexity index is 399. The summed E-state index contributed by atoms with van der Waals surface area (Å²) < 4.78 is 32.0. The summed E-state index contributed by atoms with van der Waals surface area (Å²) in [6, 6.07) is 3.43. The first kappa shape index (κ1) is 11.0. The van der Waals surface area contributed by atoms with Crippen LogP contribution in [0.5, 0.6) is 0 Å². The van der Waals surface area contributed by atoms with Crippen molar-refractivity contribution in [2.45, 2.75) is 12.5 Å². The summed E-state index contributed by atoms with van der Waals surface area (Å²) in [6.07, 6.45) is -0.757. The maximum absolute atomic E-state index is 13.4. The summed E-state index contributed by atoms with van der Waals surface area (Å²) in [5.74, 6) is -3.51. The van der Waals surface area contributed by atoms with Gasteiger partial charge in [-0.2, -0.15) is 0 Å². The number of hydrogen-bond donors (Lipinski definition) is 1. The molecule has 0 amide bonds. The summed E-state index contributed by atoms with van der Waals surface area (Å²) in [5.41, 5.74) is -0.285. The second-order valence-corrected chi connectivity index (χ2v) is 3.66. The summed E-state index contributed by atoms with van der Waals surface area (Å²) in [5, 5.41) is 8.90. The topological polar surface area (TPSA) is 46.5 Å². The first-order valence-electron chi connectivity index (χ1n) is 4.89. The number of aliphatic carboxylic acids is 1. The Kier molecular flexibility index (Phi) is 2.87. The molecule has 0 radical (unpaired) electrons. The average Bonchev–Trinajstić information content (AvgIpc) is 2.66. The Morgan fingerprint density at radius 3 is 2.56 bits per heavy atom. The molecule has 0 bridgehead atoms. The van der Waals surface area contributed by atoms with Gasteiger partial charge in [-0.05, 0) is 18.6 Å². The highest BCUT2D eigenvalue weighted by atomic mass is 19.1. The smallest absolute Gasteiger partial charge is 0.309 e. The van der Waals surface area contributed by atoms with Crippen LogP contribution in [-0.2, 0) is 9.53 Å². The van der Waals surface area contributed by atoms with E-state index in [1.807, 2.05) is 0 Å². The minimum absolute atomic E-state index is 0.204. The normalized spacial score (nSPS) is 24.6. The molecule has 1 aliphatic heterocycles. The monoisotopic (exact) mass is 228 g/mol. The molecule has 2 unspecified atom stereocenters. The van der Waals surface area contributed by atoms with Crippen LogP contribution in [0, 0.1) is 17.6 Å². The van der Waals surface area contributed by atoms with Crippen molar-refractivity contribution in [1.82, 2.24) is 0 Å². The first-order valence-corrected chi connectivity index (χ1v) is 4.89. The molecule has 1 saturated heterocycles. The molecule has 1 fully saturated rings. The number of benzene rings is 1. The zero-order chi connectivity index (χ0) is 11.7. The SMILES string of the molecule is O=C(O)C1CCOC1c1c(F)cccc1F. The quantitative estimate of drug-likeness (QED) is 0.843. The van der Waals surface area contributed by atoms with Gasteiger partial charge in [-0.1, -0.05) is 6.07 Å². The van der Waals surface area contributed by atoms with Gasteiger partial charge < -0.3 is 9.84 Å². The Balaban J connectivity index is 2.40. The third-order valence-electron chi connectivity index (χ3n) is 2.69. The number of ether oxygens (including phenoxy) is 1. The maximum Gasteiger partial charge on any atom is 0.309 e. The molecule has 1 heterocycles. The van der Waals surface area contributed by atoms with Gasteiger partial charge >= 0.3 is 5.97 Å². The van der Waals surface area contributed by atoms with Gasteiger partial charge in [-0.25, -0.2) is 8.78 Å². The molecule has 0 aromatic heterocycles. The molecule has 86 valence electrons. The van der Waals surface area contributed by atoms with Crippen molar-refractivity contribution < 1.29 is 23.4 Å². The molecule has 1 aromatic carbocycles. The van der Waals surface area contributed by atoms with Crippen molar-refractivity contribution >= 4 is 5.97 Å². The third kappa shape index (κ3) is 1.78. The van der Waals surface area contributed by atoms with Crippen LogP contribution >= 0.6 is 0 Å². The minimum atomic E-state index is -1.09. The van der Waals surface area contributed by atoms with Gasteiger partial charge in [-0.3, -0.25) is 4.79 Å². The summed E-state index contributed by atoms with van der Waals surface area (Å²) in [7, 11) is 0. The molecule has 5 heteroatoms. The third-order valence-corrected chi connectivity index (χ3v) is 2.69. The van der Waals surface area contributed by atoms with E-state index in [9.17, 15) is 13.6 Å². The minimum Gasteiger partial charge on any atom is -0.481 e. The summed E-state index contributed by atoms with van der Waals surface area (Å²) in [6.45, 7) is 0.204. The number of rotatable bonds is 2. The predicted octanol–water partition coefficient (Wildman–Crippen LogP) is 2.13. The molecule has 0 aliphatic carbocycles. The van der Waals surface area contributed by atoms with Crippen molar-refractivity contribution in [3.05, 3.63) is 35.4 Å². The van der Waals surface area contributed by atoms with E-state index >= 15 is 0 Å². The van der Waals surface area contributed by atoms with E-state index in [1.54, 1.807) is 0 Å². The van der Waals surface area contributed by atoms with E-state index in [-0.39, 0.29) is 18.6 Å². The van der Waals surface area contributed by atoms with Crippen molar-refractivity contribution in [3.63, 3.8) is 0 Å². The predicted molar refractivity (Wildman–Crippen MR) is 50.8 cm³/mol. The standard InChI is InChI=1S/C11H10F2O3/c12-7-2-1-3-8(13)9(7)10-6(11(14)15)4-5-16-10/h1-3,6,10H,4-5H2,(H,14,15). The zero-order valence-corrected chi connectivity index (χ0v) is 8.32. The molecule has 1 aliphatic rings. The van der Waals surface area contributed by atoms with Gasteiger partial charge in [-0.15, -0.1) is 0 Å². The van der Waals surface area contributed by atoms with Crippen molar-refractivity contribution in [2.75, 3.05) is 6.61 Å². The average molecular weight is 228 g/mol. The molecule has 0 spiro atoms. The zero-order valence-electron chi connectivity index (χ0n) is 8.32. The van der Waals surface area contributed by atoms with Crippen LogP contribution in [0.3, 0.4) is 0 Å². The van der Waals surface area contributed by atoms with E-state index in [0.29, 0.717) is 0 Å². The fourth-order valence-electron chi connectivity index (χ4n) is 1.91. The number of carbonyl (C=O) groups is 1. The maximum atomic E-state index is 13.4. The molecule has 1 aromatic rings. The summed E-state index contributed by atoms with van der Waals surface area (Å²) >= 11 is 0.